The molecule has 0 spiro atoms. The molecule has 0 aliphatic carbocycles. The molecule has 0 amide bonds. The van der Waals surface area contributed by atoms with Crippen LogP contribution in [-0.4, -0.2) is 48.1 Å². The van der Waals surface area contributed by atoms with Crippen LogP contribution in [0.4, 0.5) is 4.39 Å². The molecule has 1 heterocycles. The zero-order valence-corrected chi connectivity index (χ0v) is 19.6. The maximum absolute atomic E-state index is 14.4. The van der Waals surface area contributed by atoms with Crippen molar-refractivity contribution in [3.63, 3.8) is 0 Å². The summed E-state index contributed by atoms with van der Waals surface area (Å²) in [5.41, 5.74) is 1.55. The van der Waals surface area contributed by atoms with Crippen molar-refractivity contribution in [2.24, 2.45) is 5.14 Å². The number of hydrogen-bond donors (Lipinski definition) is 3. The fraction of sp³-hybridized carbons (Fsp3) is 0.348. The molecule has 33 heavy (non-hydrogen) atoms. The molecule has 0 aliphatic heterocycles. The third kappa shape index (κ3) is 6.84. The van der Waals surface area contributed by atoms with Gasteiger partial charge >= 0.3 is 0 Å². The van der Waals surface area contributed by atoms with E-state index in [9.17, 15) is 17.9 Å². The van der Waals surface area contributed by atoms with E-state index in [0.717, 1.165) is 17.3 Å². The number of rotatable bonds is 10. The fourth-order valence-corrected chi connectivity index (χ4v) is 3.89. The molecule has 3 aromatic rings. The molecule has 0 aliphatic rings. The summed E-state index contributed by atoms with van der Waals surface area (Å²) in [4.78, 5) is -0.271. The topological polar surface area (TPSA) is 119 Å². The molecular formula is C23H29FN4O4S. The maximum atomic E-state index is 14.4. The lowest BCUT2D eigenvalue weighted by Crippen LogP contribution is -2.46. The number of nitrogens with two attached hydrogens (primary N) is 1. The van der Waals surface area contributed by atoms with Crippen molar-refractivity contribution in [2.45, 2.75) is 43.7 Å². The lowest BCUT2D eigenvalue weighted by molar-refractivity contribution is 0.0986. The summed E-state index contributed by atoms with van der Waals surface area (Å²) in [6.07, 6.45) is 2.95. The van der Waals surface area contributed by atoms with Crippen LogP contribution in [0.15, 0.2) is 59.8 Å². The minimum atomic E-state index is -3.96. The van der Waals surface area contributed by atoms with Gasteiger partial charge < -0.3 is 15.2 Å². The van der Waals surface area contributed by atoms with Crippen LogP contribution in [0.1, 0.15) is 25.0 Å². The number of β-amino-alcohol motifs (C(OH)–C–C–N with tert-alkyl or cyclic N) is 1. The summed E-state index contributed by atoms with van der Waals surface area (Å²) in [5.74, 6) is -0.0418. The van der Waals surface area contributed by atoms with E-state index in [1.165, 1.54) is 12.1 Å². The van der Waals surface area contributed by atoms with Crippen molar-refractivity contribution in [2.75, 3.05) is 13.2 Å². The molecule has 0 saturated carbocycles. The molecule has 10 heteroatoms. The highest BCUT2D eigenvalue weighted by atomic mass is 32.2. The second-order valence-corrected chi connectivity index (χ2v) is 10.2. The molecule has 1 atom stereocenters. The van der Waals surface area contributed by atoms with Gasteiger partial charge in [0.25, 0.3) is 0 Å². The number of nitrogens with one attached hydrogen (secondary N) is 1. The predicted octanol–water partition coefficient (Wildman–Crippen LogP) is 2.32. The van der Waals surface area contributed by atoms with Crippen molar-refractivity contribution >= 4 is 10.0 Å². The minimum Gasteiger partial charge on any atom is -0.489 e. The number of nitrogens with zero attached hydrogens (tertiary/aromatic N) is 2. The average molecular weight is 477 g/mol. The lowest BCUT2D eigenvalue weighted by atomic mass is 9.94. The normalized spacial score (nSPS) is 13.2. The summed E-state index contributed by atoms with van der Waals surface area (Å²) in [5, 5.41) is 22.9. The standard InChI is InChI=1S/C23H29FN4O4S/c1-16-5-8-21(28-10-4-9-27-28)22(11-16)32-15-18(29)14-26-23(2,3)13-17-6-7-19(12-20(17)24)33(25,30)31/h4-12,18,26,29H,13-15H2,1-3H3,(H2,25,30,31)/t18-/m0/s1. The van der Waals surface area contributed by atoms with E-state index in [-0.39, 0.29) is 24.5 Å². The number of aromatic nitrogens is 2. The Morgan fingerprint density at radius 3 is 2.67 bits per heavy atom. The number of primary sulfonamides is 1. The highest BCUT2D eigenvalue weighted by Gasteiger charge is 2.22. The monoisotopic (exact) mass is 476 g/mol. The average Bonchev–Trinajstić information content (AvgIpc) is 3.26. The number of benzene rings is 2. The Kier molecular flexibility index (Phi) is 7.53. The number of halogens is 1. The molecule has 0 radical (unpaired) electrons. The first-order valence-electron chi connectivity index (χ1n) is 10.4. The Bertz CT molecular complexity index is 1200. The SMILES string of the molecule is Cc1ccc(-n2cccn2)c(OC[C@@H](O)CNC(C)(C)Cc2ccc(S(N)(=O)=O)cc2F)c1. The minimum absolute atomic E-state index is 0.0538. The third-order valence-electron chi connectivity index (χ3n) is 5.10. The Morgan fingerprint density at radius 2 is 2.03 bits per heavy atom. The molecule has 1 aromatic heterocycles. The smallest absolute Gasteiger partial charge is 0.238 e. The fourth-order valence-electron chi connectivity index (χ4n) is 3.36. The van der Waals surface area contributed by atoms with E-state index in [1.807, 2.05) is 51.2 Å². The number of aryl methyl sites for hydroxylation is 1. The van der Waals surface area contributed by atoms with Gasteiger partial charge in [-0.05, 0) is 68.7 Å². The zero-order chi connectivity index (χ0) is 24.2. The molecule has 0 unspecified atom stereocenters. The molecule has 3 rings (SSSR count). The quantitative estimate of drug-likeness (QED) is 0.413. The highest BCUT2D eigenvalue weighted by Crippen LogP contribution is 2.24. The van der Waals surface area contributed by atoms with Crippen LogP contribution < -0.4 is 15.2 Å². The van der Waals surface area contributed by atoms with Gasteiger partial charge in [0, 0.05) is 24.5 Å². The van der Waals surface area contributed by atoms with Crippen LogP contribution in [0, 0.1) is 12.7 Å². The van der Waals surface area contributed by atoms with Crippen molar-refractivity contribution in [1.29, 1.82) is 0 Å². The van der Waals surface area contributed by atoms with E-state index < -0.39 is 27.5 Å². The van der Waals surface area contributed by atoms with Crippen LogP contribution in [0.5, 0.6) is 5.75 Å². The Morgan fingerprint density at radius 1 is 1.27 bits per heavy atom. The number of aliphatic hydroxyl groups is 1. The Balaban J connectivity index is 1.58. The summed E-state index contributed by atoms with van der Waals surface area (Å²) in [6, 6.07) is 11.2. The van der Waals surface area contributed by atoms with E-state index in [4.69, 9.17) is 9.88 Å². The van der Waals surface area contributed by atoms with Gasteiger partial charge in [0.15, 0.2) is 0 Å². The van der Waals surface area contributed by atoms with E-state index >= 15 is 0 Å². The van der Waals surface area contributed by atoms with E-state index in [1.54, 1.807) is 10.9 Å². The molecule has 8 nitrogen and oxygen atoms in total. The second kappa shape index (κ2) is 10.0. The van der Waals surface area contributed by atoms with Crippen molar-refractivity contribution < 1.29 is 22.7 Å². The second-order valence-electron chi connectivity index (χ2n) is 8.63. The van der Waals surface area contributed by atoms with Gasteiger partial charge in [0.2, 0.25) is 10.0 Å². The van der Waals surface area contributed by atoms with E-state index in [0.29, 0.717) is 11.3 Å². The Hall–Kier alpha value is -2.79. The zero-order valence-electron chi connectivity index (χ0n) is 18.8. The first-order valence-corrected chi connectivity index (χ1v) is 12.0. The molecule has 2 aromatic carbocycles. The number of hydrogen-bond acceptors (Lipinski definition) is 6. The van der Waals surface area contributed by atoms with Crippen LogP contribution in [-0.2, 0) is 16.4 Å². The van der Waals surface area contributed by atoms with Gasteiger partial charge in [-0.25, -0.2) is 22.6 Å². The summed E-state index contributed by atoms with van der Waals surface area (Å²) in [6.45, 7) is 5.95. The highest BCUT2D eigenvalue weighted by molar-refractivity contribution is 7.89. The first-order chi connectivity index (χ1) is 15.4. The van der Waals surface area contributed by atoms with E-state index in [2.05, 4.69) is 10.4 Å². The predicted molar refractivity (Wildman–Crippen MR) is 123 cm³/mol. The number of sulfonamides is 1. The molecule has 4 N–H and O–H groups in total. The first kappa shape index (κ1) is 24.8. The summed E-state index contributed by atoms with van der Waals surface area (Å²) in [7, 11) is -3.96. The van der Waals surface area contributed by atoms with Crippen molar-refractivity contribution in [3.8, 4) is 11.4 Å². The van der Waals surface area contributed by atoms with Gasteiger partial charge in [-0.15, -0.1) is 0 Å². The molecule has 178 valence electrons. The van der Waals surface area contributed by atoms with Crippen LogP contribution in [0.2, 0.25) is 0 Å². The van der Waals surface area contributed by atoms with Gasteiger partial charge in [0.05, 0.1) is 4.90 Å². The van der Waals surface area contributed by atoms with Crippen LogP contribution in [0.25, 0.3) is 5.69 Å². The molecule has 0 saturated heterocycles. The maximum Gasteiger partial charge on any atom is 0.238 e. The number of aliphatic hydroxyl groups excluding tert-OH is 1. The largest absolute Gasteiger partial charge is 0.489 e. The summed E-state index contributed by atoms with van der Waals surface area (Å²) < 4.78 is 44.7. The molecule has 0 bridgehead atoms. The Labute approximate surface area is 193 Å². The third-order valence-corrected chi connectivity index (χ3v) is 6.01. The van der Waals surface area contributed by atoms with Crippen molar-refractivity contribution in [3.05, 3.63) is 71.8 Å². The van der Waals surface area contributed by atoms with Crippen LogP contribution in [0.3, 0.4) is 0 Å². The van der Waals surface area contributed by atoms with Gasteiger partial charge in [-0.3, -0.25) is 0 Å². The van der Waals surface area contributed by atoms with Crippen LogP contribution >= 0.6 is 0 Å². The van der Waals surface area contributed by atoms with Crippen molar-refractivity contribution in [1.82, 2.24) is 15.1 Å². The number of ether oxygens (including phenoxy) is 1. The van der Waals surface area contributed by atoms with Gasteiger partial charge in [-0.2, -0.15) is 5.10 Å². The summed E-state index contributed by atoms with van der Waals surface area (Å²) >= 11 is 0. The van der Waals surface area contributed by atoms with Gasteiger partial charge in [-0.1, -0.05) is 12.1 Å². The molecular weight excluding hydrogens is 447 g/mol. The molecule has 0 fully saturated rings. The lowest BCUT2D eigenvalue weighted by Gasteiger charge is -2.28. The van der Waals surface area contributed by atoms with Gasteiger partial charge in [0.1, 0.15) is 30.0 Å².